The topological polar surface area (TPSA) is 61.4 Å². The van der Waals surface area contributed by atoms with Gasteiger partial charge in [0.05, 0.1) is 13.1 Å². The van der Waals surface area contributed by atoms with Crippen LogP contribution in [0, 0.1) is 13.8 Å². The van der Waals surface area contributed by atoms with Gasteiger partial charge in [0.15, 0.2) is 0 Å². The van der Waals surface area contributed by atoms with Gasteiger partial charge in [0.25, 0.3) is 0 Å². The molecule has 5 heteroatoms. The fourth-order valence-electron chi connectivity index (χ4n) is 3.54. The number of rotatable bonds is 8. The lowest BCUT2D eigenvalue weighted by Crippen LogP contribution is -2.36. The zero-order valence-electron chi connectivity index (χ0n) is 18.3. The first-order valence-corrected chi connectivity index (χ1v) is 10.4. The van der Waals surface area contributed by atoms with Crippen LogP contribution in [0.4, 0.5) is 11.4 Å². The van der Waals surface area contributed by atoms with Gasteiger partial charge in [-0.25, -0.2) is 0 Å². The normalized spacial score (nSPS) is 10.7. The molecule has 0 aliphatic carbocycles. The van der Waals surface area contributed by atoms with E-state index in [1.165, 1.54) is 5.56 Å². The Kier molecular flexibility index (Phi) is 7.57. The third kappa shape index (κ3) is 6.52. The van der Waals surface area contributed by atoms with Crippen LogP contribution in [0.15, 0.2) is 72.8 Å². The van der Waals surface area contributed by atoms with Gasteiger partial charge in [0.2, 0.25) is 11.8 Å². The maximum Gasteiger partial charge on any atom is 0.238 e. The van der Waals surface area contributed by atoms with E-state index in [0.29, 0.717) is 0 Å². The van der Waals surface area contributed by atoms with Crippen LogP contribution in [0.2, 0.25) is 0 Å². The molecule has 2 N–H and O–H groups in total. The number of likely N-dealkylation sites (N-methyl/N-ethyl adjacent to an activating group) is 1. The Bertz CT molecular complexity index is 1030. The molecule has 0 saturated carbocycles. The summed E-state index contributed by atoms with van der Waals surface area (Å²) in [7, 11) is 1.76. The van der Waals surface area contributed by atoms with E-state index in [2.05, 4.69) is 22.8 Å². The molecule has 0 bridgehead atoms. The molecule has 0 spiro atoms. The van der Waals surface area contributed by atoms with Gasteiger partial charge in [-0.15, -0.1) is 0 Å². The maximum atomic E-state index is 12.6. The van der Waals surface area contributed by atoms with Crippen molar-refractivity contribution in [1.82, 2.24) is 4.90 Å². The van der Waals surface area contributed by atoms with Crippen molar-refractivity contribution in [3.63, 3.8) is 0 Å². The minimum Gasteiger partial charge on any atom is -0.325 e. The number of nitrogens with zero attached hydrogens (tertiary/aromatic N) is 1. The van der Waals surface area contributed by atoms with Crippen LogP contribution in [-0.2, 0) is 16.0 Å². The van der Waals surface area contributed by atoms with Gasteiger partial charge in [-0.1, -0.05) is 66.7 Å². The molecule has 2 amide bonds. The number of aryl methyl sites for hydroxylation is 2. The molecule has 160 valence electrons. The Morgan fingerprint density at radius 1 is 0.742 bits per heavy atom. The quantitative estimate of drug-likeness (QED) is 0.573. The SMILES string of the molecule is Cc1cccc(C)c1NC(=O)CN(C)CC(=O)Nc1ccccc1Cc1ccccc1. The van der Waals surface area contributed by atoms with Crippen LogP contribution >= 0.6 is 0 Å². The van der Waals surface area contributed by atoms with E-state index in [1.54, 1.807) is 11.9 Å². The molecule has 3 rings (SSSR count). The highest BCUT2D eigenvalue weighted by Gasteiger charge is 2.14. The fourth-order valence-corrected chi connectivity index (χ4v) is 3.54. The lowest BCUT2D eigenvalue weighted by molar-refractivity contribution is -0.119. The van der Waals surface area contributed by atoms with Crippen molar-refractivity contribution in [3.8, 4) is 0 Å². The zero-order chi connectivity index (χ0) is 22.2. The number of hydrogen-bond donors (Lipinski definition) is 2. The second kappa shape index (κ2) is 10.5. The van der Waals surface area contributed by atoms with Crippen LogP contribution in [0.3, 0.4) is 0 Å². The van der Waals surface area contributed by atoms with Gasteiger partial charge in [0.1, 0.15) is 0 Å². The third-order valence-corrected chi connectivity index (χ3v) is 5.10. The summed E-state index contributed by atoms with van der Waals surface area (Å²) in [6.07, 6.45) is 0.741. The molecule has 0 aliphatic heterocycles. The largest absolute Gasteiger partial charge is 0.325 e. The van der Waals surface area contributed by atoms with Crippen LogP contribution in [0.5, 0.6) is 0 Å². The highest BCUT2D eigenvalue weighted by atomic mass is 16.2. The Morgan fingerprint density at radius 3 is 2.00 bits per heavy atom. The summed E-state index contributed by atoms with van der Waals surface area (Å²) in [5.41, 5.74) is 5.90. The van der Waals surface area contributed by atoms with Crippen molar-refractivity contribution in [1.29, 1.82) is 0 Å². The van der Waals surface area contributed by atoms with Gasteiger partial charge >= 0.3 is 0 Å². The van der Waals surface area contributed by atoms with Crippen molar-refractivity contribution in [3.05, 3.63) is 95.1 Å². The molecule has 3 aromatic carbocycles. The summed E-state index contributed by atoms with van der Waals surface area (Å²) < 4.78 is 0. The predicted octanol–water partition coefficient (Wildman–Crippen LogP) is 4.40. The minimum absolute atomic E-state index is 0.125. The van der Waals surface area contributed by atoms with Crippen LogP contribution < -0.4 is 10.6 Å². The lowest BCUT2D eigenvalue weighted by atomic mass is 10.0. The molecular formula is C26H29N3O2. The Labute approximate surface area is 184 Å². The van der Waals surface area contributed by atoms with Gasteiger partial charge in [-0.05, 0) is 55.6 Å². The molecule has 0 fully saturated rings. The highest BCUT2D eigenvalue weighted by Crippen LogP contribution is 2.20. The Hall–Kier alpha value is -3.44. The van der Waals surface area contributed by atoms with E-state index in [-0.39, 0.29) is 24.9 Å². The molecule has 0 atom stereocenters. The van der Waals surface area contributed by atoms with Crippen molar-refractivity contribution < 1.29 is 9.59 Å². The Morgan fingerprint density at radius 2 is 1.32 bits per heavy atom. The first kappa shape index (κ1) is 22.2. The van der Waals surface area contributed by atoms with E-state index >= 15 is 0 Å². The molecule has 3 aromatic rings. The summed E-state index contributed by atoms with van der Waals surface area (Å²) in [4.78, 5) is 26.7. The van der Waals surface area contributed by atoms with Crippen molar-refractivity contribution in [2.45, 2.75) is 20.3 Å². The van der Waals surface area contributed by atoms with E-state index in [0.717, 1.165) is 34.5 Å². The molecule has 0 aromatic heterocycles. The maximum absolute atomic E-state index is 12.6. The van der Waals surface area contributed by atoms with Crippen LogP contribution in [-0.4, -0.2) is 36.9 Å². The van der Waals surface area contributed by atoms with Crippen molar-refractivity contribution in [2.24, 2.45) is 0 Å². The monoisotopic (exact) mass is 415 g/mol. The van der Waals surface area contributed by atoms with Gasteiger partial charge in [-0.3, -0.25) is 14.5 Å². The zero-order valence-corrected chi connectivity index (χ0v) is 18.3. The van der Waals surface area contributed by atoms with Crippen LogP contribution in [0.1, 0.15) is 22.3 Å². The first-order chi connectivity index (χ1) is 14.9. The number of hydrogen-bond acceptors (Lipinski definition) is 3. The van der Waals surface area contributed by atoms with Crippen molar-refractivity contribution in [2.75, 3.05) is 30.8 Å². The smallest absolute Gasteiger partial charge is 0.238 e. The summed E-state index contributed by atoms with van der Waals surface area (Å²) in [6.45, 7) is 4.19. The molecule has 0 radical (unpaired) electrons. The average molecular weight is 416 g/mol. The number of carbonyl (C=O) groups excluding carboxylic acids is 2. The first-order valence-electron chi connectivity index (χ1n) is 10.4. The van der Waals surface area contributed by atoms with E-state index in [9.17, 15) is 9.59 Å². The summed E-state index contributed by atoms with van der Waals surface area (Å²) in [5, 5.41) is 5.95. The van der Waals surface area contributed by atoms with Crippen LogP contribution in [0.25, 0.3) is 0 Å². The van der Waals surface area contributed by atoms with Gasteiger partial charge in [-0.2, -0.15) is 0 Å². The number of carbonyl (C=O) groups is 2. The summed E-state index contributed by atoms with van der Waals surface area (Å²) >= 11 is 0. The highest BCUT2D eigenvalue weighted by molar-refractivity contribution is 5.95. The molecule has 31 heavy (non-hydrogen) atoms. The number of benzene rings is 3. The molecule has 0 saturated heterocycles. The average Bonchev–Trinajstić information content (AvgIpc) is 2.73. The third-order valence-electron chi connectivity index (χ3n) is 5.10. The number of nitrogens with one attached hydrogen (secondary N) is 2. The second-order valence-corrected chi connectivity index (χ2v) is 7.85. The standard InChI is InChI=1S/C26H29N3O2/c1-19-10-9-11-20(2)26(19)28-25(31)18-29(3)17-24(30)27-23-15-8-7-14-22(23)16-21-12-5-4-6-13-21/h4-15H,16-18H2,1-3H3,(H,27,30)(H,28,31). The summed E-state index contributed by atoms with van der Waals surface area (Å²) in [6, 6.07) is 23.8. The molecule has 0 heterocycles. The van der Waals surface area contributed by atoms with E-state index in [1.807, 2.05) is 74.5 Å². The fraction of sp³-hybridized carbons (Fsp3) is 0.231. The number of para-hydroxylation sites is 2. The molecule has 0 unspecified atom stereocenters. The van der Waals surface area contributed by atoms with Crippen molar-refractivity contribution >= 4 is 23.2 Å². The second-order valence-electron chi connectivity index (χ2n) is 7.85. The molecule has 5 nitrogen and oxygen atoms in total. The predicted molar refractivity (Wildman–Crippen MR) is 126 cm³/mol. The molecule has 0 aliphatic rings. The Balaban J connectivity index is 1.55. The van der Waals surface area contributed by atoms with E-state index in [4.69, 9.17) is 0 Å². The van der Waals surface area contributed by atoms with Gasteiger partial charge < -0.3 is 10.6 Å². The lowest BCUT2D eigenvalue weighted by Gasteiger charge is -2.18. The number of anilines is 2. The van der Waals surface area contributed by atoms with Gasteiger partial charge in [0, 0.05) is 11.4 Å². The number of amides is 2. The summed E-state index contributed by atoms with van der Waals surface area (Å²) in [5.74, 6) is -0.292. The van der Waals surface area contributed by atoms with E-state index < -0.39 is 0 Å². The minimum atomic E-state index is -0.150. The molecular weight excluding hydrogens is 386 g/mol.